The van der Waals surface area contributed by atoms with Gasteiger partial charge in [0.2, 0.25) is 0 Å². The Labute approximate surface area is 156 Å². The highest BCUT2D eigenvalue weighted by atomic mass is 16.5. The smallest absolute Gasteiger partial charge is 0.337 e. The Bertz CT molecular complexity index is 910. The third-order valence-electron chi connectivity index (χ3n) is 3.76. The summed E-state index contributed by atoms with van der Waals surface area (Å²) in [5.74, 6) is -0.763. The number of hydrogen-bond acceptors (Lipinski definition) is 6. The van der Waals surface area contributed by atoms with Crippen LogP contribution in [0.15, 0.2) is 67.0 Å². The van der Waals surface area contributed by atoms with Crippen LogP contribution < -0.4 is 10.6 Å². The van der Waals surface area contributed by atoms with Gasteiger partial charge in [0.05, 0.1) is 36.8 Å². The van der Waals surface area contributed by atoms with Crippen LogP contribution in [0.4, 0.5) is 11.4 Å². The molecule has 0 bridgehead atoms. The van der Waals surface area contributed by atoms with Crippen molar-refractivity contribution in [2.45, 2.75) is 6.54 Å². The van der Waals surface area contributed by atoms with E-state index >= 15 is 0 Å². The Kier molecular flexibility index (Phi) is 5.73. The number of esters is 1. The molecule has 3 aromatic rings. The number of methoxy groups -OCH3 is 1. The third-order valence-corrected chi connectivity index (χ3v) is 3.76. The first-order valence-corrected chi connectivity index (χ1v) is 8.25. The van der Waals surface area contributed by atoms with Crippen LogP contribution in [0.2, 0.25) is 0 Å². The van der Waals surface area contributed by atoms with Gasteiger partial charge in [-0.2, -0.15) is 0 Å². The summed E-state index contributed by atoms with van der Waals surface area (Å²) in [6.07, 6.45) is 3.33. The van der Waals surface area contributed by atoms with Crippen molar-refractivity contribution in [3.8, 4) is 0 Å². The lowest BCUT2D eigenvalue weighted by atomic mass is 10.2. The van der Waals surface area contributed by atoms with E-state index in [2.05, 4.69) is 25.3 Å². The molecule has 136 valence electrons. The summed E-state index contributed by atoms with van der Waals surface area (Å²) in [6, 6.07) is 15.6. The third kappa shape index (κ3) is 4.88. The van der Waals surface area contributed by atoms with Gasteiger partial charge in [0.15, 0.2) is 0 Å². The molecule has 0 atom stereocenters. The molecule has 3 rings (SSSR count). The minimum absolute atomic E-state index is 0.287. The highest BCUT2D eigenvalue weighted by molar-refractivity contribution is 6.03. The lowest BCUT2D eigenvalue weighted by Gasteiger charge is -2.08. The number of aromatic nitrogens is 2. The number of carbonyl (C=O) groups excluding carboxylic acids is 2. The zero-order chi connectivity index (χ0) is 19.1. The van der Waals surface area contributed by atoms with Crippen LogP contribution in [0.5, 0.6) is 0 Å². The molecule has 0 radical (unpaired) electrons. The van der Waals surface area contributed by atoms with E-state index in [1.807, 2.05) is 18.2 Å². The summed E-state index contributed by atoms with van der Waals surface area (Å²) < 4.78 is 4.64. The molecule has 0 saturated heterocycles. The van der Waals surface area contributed by atoms with Gasteiger partial charge in [-0.3, -0.25) is 9.78 Å². The Morgan fingerprint density at radius 1 is 0.963 bits per heavy atom. The van der Waals surface area contributed by atoms with Gasteiger partial charge in [0.1, 0.15) is 5.69 Å². The van der Waals surface area contributed by atoms with Crippen molar-refractivity contribution >= 4 is 23.3 Å². The van der Waals surface area contributed by atoms with Gasteiger partial charge in [0, 0.05) is 11.9 Å². The van der Waals surface area contributed by atoms with E-state index in [4.69, 9.17) is 0 Å². The monoisotopic (exact) mass is 362 g/mol. The van der Waals surface area contributed by atoms with Crippen LogP contribution in [0.25, 0.3) is 0 Å². The molecule has 1 aromatic carbocycles. The molecule has 0 saturated carbocycles. The van der Waals surface area contributed by atoms with Gasteiger partial charge in [-0.05, 0) is 48.5 Å². The molecule has 27 heavy (non-hydrogen) atoms. The lowest BCUT2D eigenvalue weighted by Crippen LogP contribution is -2.14. The fourth-order valence-electron chi connectivity index (χ4n) is 2.33. The van der Waals surface area contributed by atoms with Crippen LogP contribution in [0.3, 0.4) is 0 Å². The van der Waals surface area contributed by atoms with Crippen molar-refractivity contribution < 1.29 is 14.3 Å². The van der Waals surface area contributed by atoms with Gasteiger partial charge in [0.25, 0.3) is 5.91 Å². The highest BCUT2D eigenvalue weighted by Crippen LogP contribution is 2.13. The first-order chi connectivity index (χ1) is 13.2. The van der Waals surface area contributed by atoms with E-state index in [-0.39, 0.29) is 11.6 Å². The molecule has 2 heterocycles. The number of benzene rings is 1. The van der Waals surface area contributed by atoms with Crippen LogP contribution in [-0.2, 0) is 11.3 Å². The van der Waals surface area contributed by atoms with Crippen molar-refractivity contribution in [3.63, 3.8) is 0 Å². The quantitative estimate of drug-likeness (QED) is 0.655. The maximum absolute atomic E-state index is 12.3. The number of ether oxygens (including phenoxy) is 1. The molecule has 0 spiro atoms. The number of carbonyl (C=O) groups is 2. The summed E-state index contributed by atoms with van der Waals surface area (Å²) >= 11 is 0. The molecular weight excluding hydrogens is 344 g/mol. The summed E-state index contributed by atoms with van der Waals surface area (Å²) in [7, 11) is 1.32. The fraction of sp³-hybridized carbons (Fsp3) is 0.100. The van der Waals surface area contributed by atoms with Crippen LogP contribution in [0, 0.1) is 0 Å². The van der Waals surface area contributed by atoms with Crippen LogP contribution in [-0.4, -0.2) is 29.0 Å². The van der Waals surface area contributed by atoms with Gasteiger partial charge in [-0.1, -0.05) is 6.07 Å². The average molecular weight is 362 g/mol. The molecule has 7 heteroatoms. The predicted octanol–water partition coefficient (Wildman–Crippen LogP) is 3.13. The standard InChI is InChI=1S/C20H18N4O3/c1-27-20(26)14-5-7-15(8-6-14)24-19(25)18-10-9-17(13-23-18)22-12-16-4-2-3-11-21-16/h2-11,13,22H,12H2,1H3,(H,24,25). The molecular formula is C20H18N4O3. The Morgan fingerprint density at radius 3 is 2.37 bits per heavy atom. The summed E-state index contributed by atoms with van der Waals surface area (Å²) in [5, 5.41) is 5.93. The van der Waals surface area contributed by atoms with E-state index in [1.165, 1.54) is 7.11 Å². The number of amides is 1. The van der Waals surface area contributed by atoms with Crippen molar-refractivity contribution in [2.75, 3.05) is 17.7 Å². The zero-order valence-electron chi connectivity index (χ0n) is 14.7. The Morgan fingerprint density at radius 2 is 1.74 bits per heavy atom. The minimum Gasteiger partial charge on any atom is -0.465 e. The molecule has 2 aromatic heterocycles. The number of hydrogen-bond donors (Lipinski definition) is 2. The first kappa shape index (κ1) is 18.1. The van der Waals surface area contributed by atoms with E-state index in [0.29, 0.717) is 17.8 Å². The molecule has 0 fully saturated rings. The summed E-state index contributed by atoms with van der Waals surface area (Å²) in [4.78, 5) is 32.1. The van der Waals surface area contributed by atoms with Crippen molar-refractivity contribution in [2.24, 2.45) is 0 Å². The average Bonchev–Trinajstić information content (AvgIpc) is 2.73. The molecule has 2 N–H and O–H groups in total. The molecule has 7 nitrogen and oxygen atoms in total. The van der Waals surface area contributed by atoms with E-state index in [9.17, 15) is 9.59 Å². The maximum atomic E-state index is 12.3. The molecule has 0 aliphatic carbocycles. The predicted molar refractivity (Wildman–Crippen MR) is 102 cm³/mol. The topological polar surface area (TPSA) is 93.2 Å². The largest absolute Gasteiger partial charge is 0.465 e. The van der Waals surface area contributed by atoms with Gasteiger partial charge in [-0.25, -0.2) is 9.78 Å². The first-order valence-electron chi connectivity index (χ1n) is 8.25. The molecule has 0 aliphatic rings. The fourth-order valence-corrected chi connectivity index (χ4v) is 2.33. The Balaban J connectivity index is 1.58. The van der Waals surface area contributed by atoms with Gasteiger partial charge >= 0.3 is 5.97 Å². The SMILES string of the molecule is COC(=O)c1ccc(NC(=O)c2ccc(NCc3ccccn3)cn2)cc1. The van der Waals surface area contributed by atoms with Crippen LogP contribution in [0.1, 0.15) is 26.5 Å². The van der Waals surface area contributed by atoms with Crippen molar-refractivity contribution in [3.05, 3.63) is 83.9 Å². The molecule has 0 unspecified atom stereocenters. The highest BCUT2D eigenvalue weighted by Gasteiger charge is 2.09. The lowest BCUT2D eigenvalue weighted by molar-refractivity contribution is 0.0600. The van der Waals surface area contributed by atoms with Gasteiger partial charge in [-0.15, -0.1) is 0 Å². The van der Waals surface area contributed by atoms with E-state index in [0.717, 1.165) is 11.4 Å². The number of rotatable bonds is 6. The van der Waals surface area contributed by atoms with Crippen molar-refractivity contribution in [1.82, 2.24) is 9.97 Å². The normalized spacial score (nSPS) is 10.1. The molecule has 1 amide bonds. The molecule has 0 aliphatic heterocycles. The minimum atomic E-state index is -0.427. The summed E-state index contributed by atoms with van der Waals surface area (Å²) in [6.45, 7) is 0.570. The van der Waals surface area contributed by atoms with Crippen LogP contribution >= 0.6 is 0 Å². The second-order valence-corrected chi connectivity index (χ2v) is 5.63. The zero-order valence-corrected chi connectivity index (χ0v) is 14.7. The maximum Gasteiger partial charge on any atom is 0.337 e. The second kappa shape index (κ2) is 8.57. The number of nitrogens with zero attached hydrogens (tertiary/aromatic N) is 2. The second-order valence-electron chi connectivity index (χ2n) is 5.63. The van der Waals surface area contributed by atoms with Crippen molar-refractivity contribution in [1.29, 1.82) is 0 Å². The number of pyridine rings is 2. The number of anilines is 2. The van der Waals surface area contributed by atoms with E-state index < -0.39 is 5.97 Å². The van der Waals surface area contributed by atoms with E-state index in [1.54, 1.807) is 48.8 Å². The summed E-state index contributed by atoms with van der Waals surface area (Å²) in [5.41, 5.74) is 2.97. The van der Waals surface area contributed by atoms with Gasteiger partial charge < -0.3 is 15.4 Å². The Hall–Kier alpha value is -3.74. The number of nitrogens with one attached hydrogen (secondary N) is 2.